The summed E-state index contributed by atoms with van der Waals surface area (Å²) in [5.74, 6) is 6.35. The topological polar surface area (TPSA) is 60.9 Å². The summed E-state index contributed by atoms with van der Waals surface area (Å²) in [5.41, 5.74) is 3.20. The van der Waals surface area contributed by atoms with Crippen molar-refractivity contribution in [2.24, 2.45) is 0 Å². The Balaban J connectivity index is 1.48. The van der Waals surface area contributed by atoms with Gasteiger partial charge in [0, 0.05) is 30.9 Å². The van der Waals surface area contributed by atoms with Crippen molar-refractivity contribution in [1.29, 1.82) is 0 Å². The molecule has 2 aliphatic heterocycles. The molecule has 2 aromatic carbocycles. The molecular weight excluding hydrogens is 376 g/mol. The van der Waals surface area contributed by atoms with Gasteiger partial charge in [-0.15, -0.1) is 0 Å². The quantitative estimate of drug-likeness (QED) is 0.798. The molecular formula is C25H26N2O3. The molecule has 5 nitrogen and oxygen atoms in total. The second kappa shape index (κ2) is 8.73. The van der Waals surface area contributed by atoms with Crippen molar-refractivity contribution >= 4 is 11.8 Å². The minimum Gasteiger partial charge on any atom is -0.394 e. The second-order valence-electron chi connectivity index (χ2n) is 7.86. The van der Waals surface area contributed by atoms with Gasteiger partial charge in [-0.2, -0.15) is 0 Å². The third-order valence-corrected chi connectivity index (χ3v) is 6.07. The summed E-state index contributed by atoms with van der Waals surface area (Å²) in [6, 6.07) is 17.9. The van der Waals surface area contributed by atoms with E-state index < -0.39 is 0 Å². The standard InChI is InChI=1S/C25H26N2O3/c1-2-23(29)26-15-21-25(22(17-28)27(21)24(30)16-26)20-13-11-19(12-14-20)10-6-9-18-7-4-3-5-8-18/h3-5,7-8,11-14,21-22,25,28H,2,9,15-17H2,1H3/t21-,22-,25+/m0/s1. The first kappa shape index (κ1) is 20.2. The third-order valence-electron chi connectivity index (χ3n) is 6.07. The van der Waals surface area contributed by atoms with E-state index in [0.29, 0.717) is 19.4 Å². The zero-order valence-corrected chi connectivity index (χ0v) is 17.1. The molecule has 0 bridgehead atoms. The molecule has 4 rings (SSSR count). The zero-order valence-electron chi connectivity index (χ0n) is 17.1. The number of carbonyl (C=O) groups excluding carboxylic acids is 2. The van der Waals surface area contributed by atoms with Crippen LogP contribution in [0.5, 0.6) is 0 Å². The van der Waals surface area contributed by atoms with Gasteiger partial charge >= 0.3 is 0 Å². The van der Waals surface area contributed by atoms with Crippen LogP contribution in [-0.2, 0) is 16.0 Å². The fraction of sp³-hybridized carbons (Fsp3) is 0.360. The highest BCUT2D eigenvalue weighted by atomic mass is 16.3. The highest BCUT2D eigenvalue weighted by molar-refractivity contribution is 5.87. The molecule has 5 heteroatoms. The van der Waals surface area contributed by atoms with Gasteiger partial charge in [0.05, 0.1) is 25.2 Å². The molecule has 0 saturated carbocycles. The van der Waals surface area contributed by atoms with Crippen LogP contribution < -0.4 is 0 Å². The summed E-state index contributed by atoms with van der Waals surface area (Å²) in [6.07, 6.45) is 1.10. The number of amides is 2. The van der Waals surface area contributed by atoms with Gasteiger partial charge in [-0.05, 0) is 23.3 Å². The molecule has 2 fully saturated rings. The fourth-order valence-corrected chi connectivity index (χ4v) is 4.55. The maximum absolute atomic E-state index is 12.5. The summed E-state index contributed by atoms with van der Waals surface area (Å²) >= 11 is 0. The van der Waals surface area contributed by atoms with Crippen molar-refractivity contribution in [3.05, 3.63) is 71.3 Å². The number of carbonyl (C=O) groups is 2. The van der Waals surface area contributed by atoms with Crippen LogP contribution in [0.25, 0.3) is 0 Å². The van der Waals surface area contributed by atoms with Gasteiger partial charge in [0.2, 0.25) is 11.8 Å². The normalized spacial score (nSPS) is 22.6. The smallest absolute Gasteiger partial charge is 0.242 e. The van der Waals surface area contributed by atoms with E-state index in [4.69, 9.17) is 0 Å². The van der Waals surface area contributed by atoms with Crippen LogP contribution in [-0.4, -0.2) is 58.5 Å². The Hall–Kier alpha value is -3.10. The predicted octanol–water partition coefficient (Wildman–Crippen LogP) is 2.19. The fourth-order valence-electron chi connectivity index (χ4n) is 4.55. The Morgan fingerprint density at radius 1 is 1.13 bits per heavy atom. The van der Waals surface area contributed by atoms with Gasteiger partial charge in [0.25, 0.3) is 0 Å². The Labute approximate surface area is 177 Å². The molecule has 0 unspecified atom stereocenters. The summed E-state index contributed by atoms with van der Waals surface area (Å²) in [4.78, 5) is 28.1. The van der Waals surface area contributed by atoms with E-state index in [1.54, 1.807) is 9.80 Å². The maximum Gasteiger partial charge on any atom is 0.242 e. The second-order valence-corrected chi connectivity index (χ2v) is 7.86. The van der Waals surface area contributed by atoms with Gasteiger partial charge in [0.15, 0.2) is 0 Å². The molecule has 0 aliphatic carbocycles. The largest absolute Gasteiger partial charge is 0.394 e. The lowest BCUT2D eigenvalue weighted by Crippen LogP contribution is -2.73. The number of hydrogen-bond donors (Lipinski definition) is 1. The Bertz CT molecular complexity index is 975. The Morgan fingerprint density at radius 3 is 2.53 bits per heavy atom. The van der Waals surface area contributed by atoms with Gasteiger partial charge in [-0.25, -0.2) is 0 Å². The summed E-state index contributed by atoms with van der Waals surface area (Å²) in [5, 5.41) is 9.88. The lowest BCUT2D eigenvalue weighted by molar-refractivity contribution is -0.166. The van der Waals surface area contributed by atoms with Crippen molar-refractivity contribution < 1.29 is 14.7 Å². The third kappa shape index (κ3) is 3.83. The Morgan fingerprint density at radius 2 is 1.87 bits per heavy atom. The number of piperazine rings is 1. The van der Waals surface area contributed by atoms with Crippen LogP contribution in [0.1, 0.15) is 36.0 Å². The number of rotatable bonds is 4. The van der Waals surface area contributed by atoms with Crippen molar-refractivity contribution in [3.8, 4) is 11.8 Å². The molecule has 3 atom stereocenters. The molecule has 1 N–H and O–H groups in total. The lowest BCUT2D eigenvalue weighted by atomic mass is 9.73. The molecule has 2 aliphatic rings. The number of aliphatic hydroxyl groups excluding tert-OH is 1. The molecule has 2 amide bonds. The number of benzene rings is 2. The average Bonchev–Trinajstić information content (AvgIpc) is 2.76. The molecule has 2 heterocycles. The molecule has 2 aromatic rings. The summed E-state index contributed by atoms with van der Waals surface area (Å²) in [6.45, 7) is 2.37. The number of aliphatic hydroxyl groups is 1. The van der Waals surface area contributed by atoms with Crippen LogP contribution in [0.2, 0.25) is 0 Å². The van der Waals surface area contributed by atoms with E-state index in [-0.39, 0.29) is 43.0 Å². The van der Waals surface area contributed by atoms with Gasteiger partial charge < -0.3 is 14.9 Å². The maximum atomic E-state index is 12.5. The first-order valence-electron chi connectivity index (χ1n) is 10.4. The lowest BCUT2D eigenvalue weighted by Gasteiger charge is -2.58. The van der Waals surface area contributed by atoms with E-state index in [1.165, 1.54) is 5.56 Å². The average molecular weight is 402 g/mol. The van der Waals surface area contributed by atoms with E-state index in [9.17, 15) is 14.7 Å². The van der Waals surface area contributed by atoms with Crippen molar-refractivity contribution in [2.75, 3.05) is 19.7 Å². The summed E-state index contributed by atoms with van der Waals surface area (Å²) < 4.78 is 0. The van der Waals surface area contributed by atoms with Crippen LogP contribution in [0.4, 0.5) is 0 Å². The van der Waals surface area contributed by atoms with Crippen molar-refractivity contribution in [2.45, 2.75) is 37.8 Å². The van der Waals surface area contributed by atoms with Crippen molar-refractivity contribution in [1.82, 2.24) is 9.80 Å². The first-order valence-corrected chi connectivity index (χ1v) is 10.4. The molecule has 0 aromatic heterocycles. The van der Waals surface area contributed by atoms with Gasteiger partial charge in [0.1, 0.15) is 0 Å². The minimum absolute atomic E-state index is 0.00163. The minimum atomic E-state index is -0.226. The molecule has 2 saturated heterocycles. The number of fused-ring (bicyclic) bond motifs is 1. The number of hydrogen-bond acceptors (Lipinski definition) is 3. The molecule has 0 radical (unpaired) electrons. The monoisotopic (exact) mass is 402 g/mol. The van der Waals surface area contributed by atoms with Gasteiger partial charge in [-0.3, -0.25) is 9.59 Å². The number of nitrogens with zero attached hydrogens (tertiary/aromatic N) is 2. The van der Waals surface area contributed by atoms with E-state index in [1.807, 2.05) is 49.4 Å². The van der Waals surface area contributed by atoms with Crippen molar-refractivity contribution in [3.63, 3.8) is 0 Å². The Kier molecular flexibility index (Phi) is 5.87. The molecule has 154 valence electrons. The van der Waals surface area contributed by atoms with Crippen LogP contribution in [0.15, 0.2) is 54.6 Å². The van der Waals surface area contributed by atoms with E-state index in [2.05, 4.69) is 24.0 Å². The SMILES string of the molecule is CCC(=O)N1CC(=O)N2[C@@H](CO)[C@H](c3ccc(C#CCc4ccccc4)cc3)[C@@H]2C1. The van der Waals surface area contributed by atoms with E-state index in [0.717, 1.165) is 11.1 Å². The van der Waals surface area contributed by atoms with Crippen LogP contribution >= 0.6 is 0 Å². The molecule has 30 heavy (non-hydrogen) atoms. The first-order chi connectivity index (χ1) is 14.6. The highest BCUT2D eigenvalue weighted by Gasteiger charge is 2.54. The zero-order chi connectivity index (χ0) is 21.1. The molecule has 0 spiro atoms. The van der Waals surface area contributed by atoms with Crippen LogP contribution in [0, 0.1) is 11.8 Å². The van der Waals surface area contributed by atoms with Crippen LogP contribution in [0.3, 0.4) is 0 Å². The predicted molar refractivity (Wildman–Crippen MR) is 115 cm³/mol. The van der Waals surface area contributed by atoms with E-state index >= 15 is 0 Å². The highest BCUT2D eigenvalue weighted by Crippen LogP contribution is 2.42. The van der Waals surface area contributed by atoms with Gasteiger partial charge in [-0.1, -0.05) is 61.2 Å². The summed E-state index contributed by atoms with van der Waals surface area (Å²) in [7, 11) is 0.